The number of unbranched alkanes of at least 4 members (excludes halogenated alkanes) is 8. The van der Waals surface area contributed by atoms with Crippen LogP contribution in [0.5, 0.6) is 0 Å². The van der Waals surface area contributed by atoms with Crippen molar-refractivity contribution in [3.05, 3.63) is 0 Å². The maximum absolute atomic E-state index is 12.0. The normalized spacial score (nSPS) is 12.1. The predicted octanol–water partition coefficient (Wildman–Crippen LogP) is 3.55. The van der Waals surface area contributed by atoms with E-state index in [4.69, 9.17) is 5.11 Å². The quantitative estimate of drug-likeness (QED) is 0.379. The average Bonchev–Trinajstić information content (AvgIpc) is 2.45. The van der Waals surface area contributed by atoms with E-state index in [1.165, 1.54) is 50.3 Å². The summed E-state index contributed by atoms with van der Waals surface area (Å²) >= 11 is 0. The molecular weight excluding hydrogens is 282 g/mol. The molecule has 0 aromatic carbocycles. The molecular formula is C17H33NO4. The zero-order valence-electron chi connectivity index (χ0n) is 14.2. The predicted molar refractivity (Wildman–Crippen MR) is 87.5 cm³/mol. The Morgan fingerprint density at radius 1 is 0.909 bits per heavy atom. The largest absolute Gasteiger partial charge is 0.481 e. The Balaban J connectivity index is 3.70. The molecule has 5 nitrogen and oxygen atoms in total. The Kier molecular flexibility index (Phi) is 12.9. The van der Waals surface area contributed by atoms with Crippen LogP contribution < -0.4 is 0 Å². The summed E-state index contributed by atoms with van der Waals surface area (Å²) in [6.07, 6.45) is 10.0. The third-order valence-corrected chi connectivity index (χ3v) is 3.83. The smallest absolute Gasteiger partial charge is 0.305 e. The van der Waals surface area contributed by atoms with Crippen molar-refractivity contribution in [1.29, 1.82) is 0 Å². The average molecular weight is 315 g/mol. The van der Waals surface area contributed by atoms with Gasteiger partial charge < -0.3 is 15.1 Å². The van der Waals surface area contributed by atoms with E-state index in [9.17, 15) is 14.7 Å². The van der Waals surface area contributed by atoms with Gasteiger partial charge in [0.05, 0.1) is 6.42 Å². The van der Waals surface area contributed by atoms with Crippen LogP contribution >= 0.6 is 0 Å². The van der Waals surface area contributed by atoms with E-state index in [1.54, 1.807) is 0 Å². The fraction of sp³-hybridized carbons (Fsp3) is 0.882. The first-order chi connectivity index (χ1) is 10.5. The van der Waals surface area contributed by atoms with Crippen molar-refractivity contribution in [3.63, 3.8) is 0 Å². The summed E-state index contributed by atoms with van der Waals surface area (Å²) in [4.78, 5) is 23.8. The van der Waals surface area contributed by atoms with Gasteiger partial charge in [0.15, 0.2) is 0 Å². The van der Waals surface area contributed by atoms with Gasteiger partial charge in [-0.1, -0.05) is 58.3 Å². The minimum absolute atomic E-state index is 0.0727. The lowest BCUT2D eigenvalue weighted by Crippen LogP contribution is -2.39. The van der Waals surface area contributed by atoms with Gasteiger partial charge in [-0.3, -0.25) is 9.59 Å². The number of carbonyl (C=O) groups excluding carboxylic acids is 1. The molecule has 0 fully saturated rings. The minimum atomic E-state index is -0.957. The molecule has 5 heteroatoms. The molecule has 22 heavy (non-hydrogen) atoms. The first-order valence-corrected chi connectivity index (χ1v) is 8.68. The first-order valence-electron chi connectivity index (χ1n) is 8.68. The number of nitrogens with zero attached hydrogens (tertiary/aromatic N) is 1. The van der Waals surface area contributed by atoms with E-state index in [2.05, 4.69) is 6.92 Å². The summed E-state index contributed by atoms with van der Waals surface area (Å²) in [5, 5.41) is 18.2. The molecule has 0 aromatic rings. The van der Waals surface area contributed by atoms with Gasteiger partial charge in [-0.15, -0.1) is 0 Å². The topological polar surface area (TPSA) is 77.8 Å². The van der Waals surface area contributed by atoms with E-state index >= 15 is 0 Å². The van der Waals surface area contributed by atoms with Gasteiger partial charge in [0, 0.05) is 13.0 Å². The second-order valence-corrected chi connectivity index (χ2v) is 5.94. The SMILES string of the molecule is CCCCCCCCCCCC(=O)N(CCC(=O)O)C(C)O. The van der Waals surface area contributed by atoms with Gasteiger partial charge in [-0.2, -0.15) is 0 Å². The Morgan fingerprint density at radius 3 is 1.86 bits per heavy atom. The van der Waals surface area contributed by atoms with Crippen molar-refractivity contribution in [3.8, 4) is 0 Å². The minimum Gasteiger partial charge on any atom is -0.481 e. The molecule has 0 spiro atoms. The van der Waals surface area contributed by atoms with Gasteiger partial charge >= 0.3 is 5.97 Å². The molecule has 0 bridgehead atoms. The number of hydrogen-bond donors (Lipinski definition) is 2. The van der Waals surface area contributed by atoms with Gasteiger partial charge in [-0.05, 0) is 13.3 Å². The summed E-state index contributed by atoms with van der Waals surface area (Å²) in [5.74, 6) is -1.11. The molecule has 130 valence electrons. The van der Waals surface area contributed by atoms with Crippen molar-refractivity contribution in [1.82, 2.24) is 4.90 Å². The molecule has 0 aliphatic rings. The number of rotatable bonds is 14. The Hall–Kier alpha value is -1.10. The van der Waals surface area contributed by atoms with Crippen LogP contribution in [-0.4, -0.2) is 39.8 Å². The summed E-state index contributed by atoms with van der Waals surface area (Å²) < 4.78 is 0. The molecule has 1 unspecified atom stereocenters. The molecule has 1 atom stereocenters. The fourth-order valence-corrected chi connectivity index (χ4v) is 2.47. The van der Waals surface area contributed by atoms with E-state index in [0.717, 1.165) is 19.3 Å². The number of aliphatic hydroxyl groups is 1. The zero-order chi connectivity index (χ0) is 16.8. The van der Waals surface area contributed by atoms with Crippen LogP contribution in [0.4, 0.5) is 0 Å². The van der Waals surface area contributed by atoms with Crippen LogP contribution in [0.15, 0.2) is 0 Å². The number of amides is 1. The van der Waals surface area contributed by atoms with E-state index < -0.39 is 12.2 Å². The molecule has 0 rings (SSSR count). The zero-order valence-corrected chi connectivity index (χ0v) is 14.2. The maximum Gasteiger partial charge on any atom is 0.305 e. The Morgan fingerprint density at radius 2 is 1.41 bits per heavy atom. The second-order valence-electron chi connectivity index (χ2n) is 5.94. The highest BCUT2D eigenvalue weighted by molar-refractivity contribution is 5.77. The number of aliphatic carboxylic acids is 1. The third-order valence-electron chi connectivity index (χ3n) is 3.83. The second kappa shape index (κ2) is 13.6. The molecule has 0 aromatic heterocycles. The Labute approximate surface area is 134 Å². The van der Waals surface area contributed by atoms with Crippen LogP contribution in [0.25, 0.3) is 0 Å². The molecule has 0 heterocycles. The summed E-state index contributed by atoms with van der Waals surface area (Å²) in [6.45, 7) is 3.78. The number of carboxylic acids is 1. The van der Waals surface area contributed by atoms with Crippen LogP contribution in [0.3, 0.4) is 0 Å². The number of carbonyl (C=O) groups is 2. The van der Waals surface area contributed by atoms with Gasteiger partial charge in [0.25, 0.3) is 0 Å². The molecule has 0 saturated carbocycles. The molecule has 0 radical (unpaired) electrons. The summed E-state index contributed by atoms with van der Waals surface area (Å²) in [7, 11) is 0. The summed E-state index contributed by atoms with van der Waals surface area (Å²) in [5.41, 5.74) is 0. The van der Waals surface area contributed by atoms with Gasteiger partial charge in [-0.25, -0.2) is 0 Å². The monoisotopic (exact) mass is 315 g/mol. The molecule has 0 aliphatic heterocycles. The van der Waals surface area contributed by atoms with Crippen molar-refractivity contribution in [2.75, 3.05) is 6.54 Å². The van der Waals surface area contributed by atoms with E-state index in [1.807, 2.05) is 0 Å². The van der Waals surface area contributed by atoms with Crippen LogP contribution in [0, 0.1) is 0 Å². The Bertz CT molecular complexity index is 305. The van der Waals surface area contributed by atoms with Crippen LogP contribution in [0.1, 0.15) is 84.5 Å². The van der Waals surface area contributed by atoms with Crippen molar-refractivity contribution in [2.45, 2.75) is 90.7 Å². The van der Waals surface area contributed by atoms with E-state index in [0.29, 0.717) is 6.42 Å². The maximum atomic E-state index is 12.0. The lowest BCUT2D eigenvalue weighted by atomic mass is 10.1. The van der Waals surface area contributed by atoms with E-state index in [-0.39, 0.29) is 18.9 Å². The highest BCUT2D eigenvalue weighted by atomic mass is 16.4. The van der Waals surface area contributed by atoms with Gasteiger partial charge in [0.1, 0.15) is 6.23 Å². The highest BCUT2D eigenvalue weighted by Crippen LogP contribution is 2.12. The lowest BCUT2D eigenvalue weighted by molar-refractivity contribution is -0.143. The third kappa shape index (κ3) is 11.5. The number of aliphatic hydroxyl groups excluding tert-OH is 1. The summed E-state index contributed by atoms with van der Waals surface area (Å²) in [6, 6.07) is 0. The van der Waals surface area contributed by atoms with Gasteiger partial charge in [0.2, 0.25) is 5.91 Å². The molecule has 0 aliphatic carbocycles. The lowest BCUT2D eigenvalue weighted by Gasteiger charge is -2.25. The molecule has 0 saturated heterocycles. The number of carboxylic acid groups (broad SMARTS) is 1. The van der Waals surface area contributed by atoms with Crippen LogP contribution in [-0.2, 0) is 9.59 Å². The van der Waals surface area contributed by atoms with Crippen LogP contribution in [0.2, 0.25) is 0 Å². The fourth-order valence-electron chi connectivity index (χ4n) is 2.47. The van der Waals surface area contributed by atoms with Crippen molar-refractivity contribution < 1.29 is 19.8 Å². The van der Waals surface area contributed by atoms with Crippen molar-refractivity contribution >= 4 is 11.9 Å². The standard InChI is InChI=1S/C17H33NO4/c1-3-4-5-6-7-8-9-10-11-12-16(20)18(15(2)19)14-13-17(21)22/h15,19H,3-14H2,1-2H3,(H,21,22). The number of hydrogen-bond acceptors (Lipinski definition) is 3. The highest BCUT2D eigenvalue weighted by Gasteiger charge is 2.18. The van der Waals surface area contributed by atoms with Crippen molar-refractivity contribution in [2.24, 2.45) is 0 Å². The first kappa shape index (κ1) is 20.9. The molecule has 1 amide bonds. The molecule has 2 N–H and O–H groups in total.